The normalized spacial score (nSPS) is 10.7. The highest BCUT2D eigenvalue weighted by Gasteiger charge is 2.16. The van der Waals surface area contributed by atoms with Gasteiger partial charge in [0.05, 0.1) is 31.0 Å². The second kappa shape index (κ2) is 9.02. The number of aromatic amines is 1. The Bertz CT molecular complexity index is 1020. The quantitative estimate of drug-likeness (QED) is 0.266. The van der Waals surface area contributed by atoms with Crippen molar-refractivity contribution in [1.82, 2.24) is 15.6 Å². The van der Waals surface area contributed by atoms with Crippen LogP contribution in [0.2, 0.25) is 0 Å². The highest BCUT2D eigenvalue weighted by molar-refractivity contribution is 7.13. The summed E-state index contributed by atoms with van der Waals surface area (Å²) in [7, 11) is 2.88. The molecular weight excluding hydrogens is 396 g/mol. The zero-order valence-electron chi connectivity index (χ0n) is 15.9. The third-order valence-electron chi connectivity index (χ3n) is 3.71. The lowest BCUT2D eigenvalue weighted by molar-refractivity contribution is -0.132. The summed E-state index contributed by atoms with van der Waals surface area (Å²) in [6.07, 6.45) is 1.41. The molecule has 0 unspecified atom stereocenters. The van der Waals surface area contributed by atoms with Crippen LogP contribution in [0, 0.1) is 0 Å². The Balaban J connectivity index is 1.72. The number of amides is 1. The average Bonchev–Trinajstić information content (AvgIpc) is 3.39. The molecule has 0 spiro atoms. The number of nitrogens with one attached hydrogen (secondary N) is 2. The topological polar surface area (TPSA) is 115 Å². The third kappa shape index (κ3) is 4.79. The molecule has 2 N–H and O–H groups in total. The highest BCUT2D eigenvalue weighted by atomic mass is 32.1. The Hall–Kier alpha value is -3.66. The van der Waals surface area contributed by atoms with Gasteiger partial charge in [0, 0.05) is 12.5 Å². The molecule has 0 aliphatic heterocycles. The van der Waals surface area contributed by atoms with Gasteiger partial charge in [0.25, 0.3) is 5.91 Å². The molecule has 150 valence electrons. The molecule has 2 heterocycles. The van der Waals surface area contributed by atoms with Crippen molar-refractivity contribution in [3.8, 4) is 27.8 Å². The van der Waals surface area contributed by atoms with Crippen molar-refractivity contribution >= 4 is 29.4 Å². The molecule has 3 aromatic rings. The Labute approximate surface area is 170 Å². The molecule has 10 heteroatoms. The SMILES string of the molecule is COc1cc(C=NNC(=O)c2cc(-c3cccs3)[nH]n2)cc(OC)c1OC(C)=O. The number of ether oxygens (including phenoxy) is 3. The van der Waals surface area contributed by atoms with E-state index in [-0.39, 0.29) is 11.4 Å². The van der Waals surface area contributed by atoms with Gasteiger partial charge in [0.2, 0.25) is 5.75 Å². The molecule has 29 heavy (non-hydrogen) atoms. The van der Waals surface area contributed by atoms with Crippen LogP contribution in [0.4, 0.5) is 0 Å². The third-order valence-corrected chi connectivity index (χ3v) is 4.61. The van der Waals surface area contributed by atoms with Gasteiger partial charge >= 0.3 is 5.97 Å². The van der Waals surface area contributed by atoms with Gasteiger partial charge in [-0.2, -0.15) is 10.2 Å². The predicted octanol–water partition coefficient (Wildman–Crippen LogP) is 2.84. The van der Waals surface area contributed by atoms with Gasteiger partial charge in [-0.15, -0.1) is 11.3 Å². The first-order valence-electron chi connectivity index (χ1n) is 8.39. The molecule has 0 aliphatic carbocycles. The molecular formula is C19H18N4O5S. The summed E-state index contributed by atoms with van der Waals surface area (Å²) in [5.41, 5.74) is 3.95. The molecule has 0 fully saturated rings. The van der Waals surface area contributed by atoms with Crippen LogP contribution in [0.15, 0.2) is 40.8 Å². The van der Waals surface area contributed by atoms with Crippen molar-refractivity contribution in [2.75, 3.05) is 14.2 Å². The largest absolute Gasteiger partial charge is 0.493 e. The minimum Gasteiger partial charge on any atom is -0.493 e. The number of esters is 1. The van der Waals surface area contributed by atoms with Gasteiger partial charge in [0.1, 0.15) is 0 Å². The number of methoxy groups -OCH3 is 2. The van der Waals surface area contributed by atoms with Crippen molar-refractivity contribution in [3.05, 3.63) is 47.0 Å². The number of nitrogens with zero attached hydrogens (tertiary/aromatic N) is 2. The Morgan fingerprint density at radius 1 is 1.21 bits per heavy atom. The van der Waals surface area contributed by atoms with Crippen LogP contribution in [0.25, 0.3) is 10.6 Å². The maximum Gasteiger partial charge on any atom is 0.308 e. The minimum absolute atomic E-state index is 0.168. The van der Waals surface area contributed by atoms with Crippen LogP contribution >= 0.6 is 11.3 Å². The van der Waals surface area contributed by atoms with Gasteiger partial charge in [-0.25, -0.2) is 5.43 Å². The van der Waals surface area contributed by atoms with E-state index in [0.717, 1.165) is 10.6 Å². The number of hydrogen-bond acceptors (Lipinski definition) is 8. The molecule has 9 nitrogen and oxygen atoms in total. The van der Waals surface area contributed by atoms with Crippen LogP contribution in [-0.2, 0) is 4.79 Å². The zero-order valence-corrected chi connectivity index (χ0v) is 16.7. The highest BCUT2D eigenvalue weighted by Crippen LogP contribution is 2.38. The number of thiophene rings is 1. The summed E-state index contributed by atoms with van der Waals surface area (Å²) in [5.74, 6) is -0.214. The van der Waals surface area contributed by atoms with E-state index in [1.54, 1.807) is 29.5 Å². The van der Waals surface area contributed by atoms with Crippen LogP contribution in [-0.4, -0.2) is 42.5 Å². The second-order valence-corrected chi connectivity index (χ2v) is 6.64. The fourth-order valence-electron chi connectivity index (χ4n) is 2.44. The van der Waals surface area contributed by atoms with Crippen molar-refractivity contribution in [2.24, 2.45) is 5.10 Å². The first-order valence-corrected chi connectivity index (χ1v) is 9.27. The maximum atomic E-state index is 12.2. The van der Waals surface area contributed by atoms with Crippen molar-refractivity contribution in [3.63, 3.8) is 0 Å². The number of benzene rings is 1. The number of rotatable bonds is 7. The van der Waals surface area contributed by atoms with Crippen LogP contribution in [0.1, 0.15) is 23.0 Å². The Morgan fingerprint density at radius 3 is 2.52 bits per heavy atom. The number of carbonyl (C=O) groups is 2. The van der Waals surface area contributed by atoms with Crippen molar-refractivity contribution in [2.45, 2.75) is 6.92 Å². The second-order valence-electron chi connectivity index (χ2n) is 5.69. The van der Waals surface area contributed by atoms with Gasteiger partial charge in [0.15, 0.2) is 17.2 Å². The number of hydrogen-bond donors (Lipinski definition) is 2. The zero-order chi connectivity index (χ0) is 20.8. The van der Waals surface area contributed by atoms with Crippen LogP contribution in [0.3, 0.4) is 0 Å². The molecule has 0 atom stereocenters. The Kier molecular flexibility index (Phi) is 6.25. The standard InChI is InChI=1S/C19H18N4O5S/c1-11(24)28-18-15(26-2)7-12(8-16(18)27-3)10-20-23-19(25)14-9-13(21-22-14)17-5-4-6-29-17/h4-10H,1-3H3,(H,21,22)(H,23,25). The van der Waals surface area contributed by atoms with E-state index in [0.29, 0.717) is 17.1 Å². The van der Waals surface area contributed by atoms with Crippen molar-refractivity contribution in [1.29, 1.82) is 0 Å². The monoisotopic (exact) mass is 414 g/mol. The van der Waals surface area contributed by atoms with Gasteiger partial charge in [-0.3, -0.25) is 14.7 Å². The summed E-state index contributed by atoms with van der Waals surface area (Å²) >= 11 is 1.54. The number of H-pyrrole nitrogens is 1. The summed E-state index contributed by atoms with van der Waals surface area (Å²) in [6, 6.07) is 8.69. The van der Waals surface area contributed by atoms with E-state index in [9.17, 15) is 9.59 Å². The molecule has 0 saturated carbocycles. The van der Waals surface area contributed by atoms with Crippen molar-refractivity contribution < 1.29 is 23.8 Å². The predicted molar refractivity (Wildman–Crippen MR) is 108 cm³/mol. The first kappa shape index (κ1) is 20.1. The Morgan fingerprint density at radius 2 is 1.93 bits per heavy atom. The molecule has 1 amide bonds. The van der Waals surface area contributed by atoms with Crippen LogP contribution < -0.4 is 19.6 Å². The summed E-state index contributed by atoms with van der Waals surface area (Å²) in [5, 5.41) is 12.7. The molecule has 0 radical (unpaired) electrons. The maximum absolute atomic E-state index is 12.2. The van der Waals surface area contributed by atoms with E-state index >= 15 is 0 Å². The molecule has 0 saturated heterocycles. The average molecular weight is 414 g/mol. The lowest BCUT2D eigenvalue weighted by Crippen LogP contribution is -2.18. The summed E-state index contributed by atoms with van der Waals surface area (Å²) < 4.78 is 15.6. The lowest BCUT2D eigenvalue weighted by atomic mass is 10.2. The molecule has 0 aliphatic rings. The fourth-order valence-corrected chi connectivity index (χ4v) is 3.13. The molecule has 1 aromatic carbocycles. The first-order chi connectivity index (χ1) is 14.0. The molecule has 2 aromatic heterocycles. The fraction of sp³-hybridized carbons (Fsp3) is 0.158. The smallest absolute Gasteiger partial charge is 0.308 e. The van der Waals surface area contributed by atoms with Crippen LogP contribution in [0.5, 0.6) is 17.2 Å². The van der Waals surface area contributed by atoms with E-state index in [2.05, 4.69) is 20.7 Å². The van der Waals surface area contributed by atoms with E-state index in [1.165, 1.54) is 27.4 Å². The van der Waals surface area contributed by atoms with Gasteiger partial charge < -0.3 is 14.2 Å². The summed E-state index contributed by atoms with van der Waals surface area (Å²) in [6.45, 7) is 1.28. The molecule has 3 rings (SSSR count). The van der Waals surface area contributed by atoms with E-state index in [1.807, 2.05) is 17.5 Å². The van der Waals surface area contributed by atoms with Gasteiger partial charge in [-0.05, 0) is 29.6 Å². The van der Waals surface area contributed by atoms with E-state index in [4.69, 9.17) is 14.2 Å². The van der Waals surface area contributed by atoms with E-state index < -0.39 is 11.9 Å². The number of hydrazone groups is 1. The number of carbonyl (C=O) groups excluding carboxylic acids is 2. The minimum atomic E-state index is -0.504. The lowest BCUT2D eigenvalue weighted by Gasteiger charge is -2.13. The van der Waals surface area contributed by atoms with Gasteiger partial charge in [-0.1, -0.05) is 6.07 Å². The molecule has 0 bridgehead atoms. The number of aromatic nitrogens is 2. The summed E-state index contributed by atoms with van der Waals surface area (Å²) in [4.78, 5) is 24.5.